The number of rotatable bonds is 4. The standard InChI is InChI=1S/C15H17Cl2NO3/c1-15(14(20)21)7-8-18(9-15)12(19)6-5-10-3-2-4-11(16)13(10)17/h2-4H,5-9H2,1H3,(H,20,21)/t15-/m0/s1. The van der Waals surface area contributed by atoms with Gasteiger partial charge in [-0.3, -0.25) is 9.59 Å². The first kappa shape index (κ1) is 16.1. The third-order valence-corrected chi connectivity index (χ3v) is 4.84. The average molecular weight is 330 g/mol. The van der Waals surface area contributed by atoms with Crippen molar-refractivity contribution in [2.24, 2.45) is 5.41 Å². The number of hydrogen-bond donors (Lipinski definition) is 1. The Morgan fingerprint density at radius 2 is 2.10 bits per heavy atom. The SMILES string of the molecule is C[C@]1(C(=O)O)CCN(C(=O)CCc2cccc(Cl)c2Cl)C1. The molecule has 1 aliphatic heterocycles. The molecule has 1 heterocycles. The lowest BCUT2D eigenvalue weighted by atomic mass is 9.90. The molecule has 6 heteroatoms. The Bertz CT molecular complexity index is 576. The minimum Gasteiger partial charge on any atom is -0.481 e. The molecule has 1 atom stereocenters. The molecule has 4 nitrogen and oxygen atoms in total. The topological polar surface area (TPSA) is 57.6 Å². The summed E-state index contributed by atoms with van der Waals surface area (Å²) in [6, 6.07) is 5.34. The van der Waals surface area contributed by atoms with Crippen LogP contribution in [0.3, 0.4) is 0 Å². The summed E-state index contributed by atoms with van der Waals surface area (Å²) in [5.41, 5.74) is 0.00121. The molecule has 0 bridgehead atoms. The molecule has 1 aliphatic rings. The van der Waals surface area contributed by atoms with E-state index in [0.29, 0.717) is 35.9 Å². The summed E-state index contributed by atoms with van der Waals surface area (Å²) < 4.78 is 0. The second-order valence-corrected chi connectivity index (χ2v) is 6.43. The molecule has 1 fully saturated rings. The second-order valence-electron chi connectivity index (χ2n) is 5.64. The van der Waals surface area contributed by atoms with Gasteiger partial charge in [0.1, 0.15) is 0 Å². The highest BCUT2D eigenvalue weighted by atomic mass is 35.5. The maximum absolute atomic E-state index is 12.2. The molecule has 1 saturated heterocycles. The Labute approximate surface area is 133 Å². The lowest BCUT2D eigenvalue weighted by molar-refractivity contribution is -0.147. The predicted molar refractivity (Wildman–Crippen MR) is 81.7 cm³/mol. The Morgan fingerprint density at radius 3 is 2.71 bits per heavy atom. The first-order valence-electron chi connectivity index (χ1n) is 6.77. The Kier molecular flexibility index (Phi) is 4.79. The van der Waals surface area contributed by atoms with Gasteiger partial charge in [0, 0.05) is 19.5 Å². The number of likely N-dealkylation sites (tertiary alicyclic amines) is 1. The van der Waals surface area contributed by atoms with E-state index in [2.05, 4.69) is 0 Å². The summed E-state index contributed by atoms with van der Waals surface area (Å²) in [6.07, 6.45) is 1.29. The zero-order valence-electron chi connectivity index (χ0n) is 11.7. The molecule has 1 N–H and O–H groups in total. The minimum absolute atomic E-state index is 0.0454. The number of amides is 1. The van der Waals surface area contributed by atoms with Crippen LogP contribution in [0.25, 0.3) is 0 Å². The molecule has 21 heavy (non-hydrogen) atoms. The molecule has 0 aromatic heterocycles. The fourth-order valence-electron chi connectivity index (χ4n) is 2.49. The first-order chi connectivity index (χ1) is 9.83. The van der Waals surface area contributed by atoms with Crippen molar-refractivity contribution in [1.29, 1.82) is 0 Å². The summed E-state index contributed by atoms with van der Waals surface area (Å²) in [7, 11) is 0. The van der Waals surface area contributed by atoms with E-state index in [1.807, 2.05) is 6.07 Å². The Morgan fingerprint density at radius 1 is 1.38 bits per heavy atom. The number of carboxylic acids is 1. The number of hydrogen-bond acceptors (Lipinski definition) is 2. The van der Waals surface area contributed by atoms with E-state index in [1.54, 1.807) is 24.0 Å². The van der Waals surface area contributed by atoms with Gasteiger partial charge in [-0.15, -0.1) is 0 Å². The highest BCUT2D eigenvalue weighted by Gasteiger charge is 2.41. The van der Waals surface area contributed by atoms with Gasteiger partial charge < -0.3 is 10.0 Å². The van der Waals surface area contributed by atoms with E-state index in [-0.39, 0.29) is 12.5 Å². The number of halogens is 2. The van der Waals surface area contributed by atoms with E-state index in [0.717, 1.165) is 5.56 Å². The molecule has 1 aromatic carbocycles. The number of carboxylic acid groups (broad SMARTS) is 1. The van der Waals surface area contributed by atoms with Crippen LogP contribution in [0, 0.1) is 5.41 Å². The average Bonchev–Trinajstić information content (AvgIpc) is 2.84. The summed E-state index contributed by atoms with van der Waals surface area (Å²) in [5.74, 6) is -0.897. The van der Waals surface area contributed by atoms with Crippen molar-refractivity contribution in [3.8, 4) is 0 Å². The molecule has 0 saturated carbocycles. The first-order valence-corrected chi connectivity index (χ1v) is 7.53. The van der Waals surface area contributed by atoms with Gasteiger partial charge in [-0.25, -0.2) is 0 Å². The second kappa shape index (κ2) is 6.24. The van der Waals surface area contributed by atoms with E-state index in [9.17, 15) is 14.7 Å². The van der Waals surface area contributed by atoms with Crippen molar-refractivity contribution < 1.29 is 14.7 Å². The van der Waals surface area contributed by atoms with Crippen molar-refractivity contribution in [2.45, 2.75) is 26.2 Å². The lowest BCUT2D eigenvalue weighted by Crippen LogP contribution is -2.34. The monoisotopic (exact) mass is 329 g/mol. The van der Waals surface area contributed by atoms with Crippen molar-refractivity contribution in [3.63, 3.8) is 0 Å². The van der Waals surface area contributed by atoms with E-state index < -0.39 is 11.4 Å². The summed E-state index contributed by atoms with van der Waals surface area (Å²) in [5, 5.41) is 10.1. The highest BCUT2D eigenvalue weighted by Crippen LogP contribution is 2.31. The predicted octanol–water partition coefficient (Wildman–Crippen LogP) is 3.25. The van der Waals surface area contributed by atoms with Crippen LogP contribution in [0.4, 0.5) is 0 Å². The van der Waals surface area contributed by atoms with Crippen LogP contribution in [-0.2, 0) is 16.0 Å². The van der Waals surface area contributed by atoms with Gasteiger partial charge in [0.2, 0.25) is 5.91 Å². The number of carbonyl (C=O) groups is 2. The van der Waals surface area contributed by atoms with Gasteiger partial charge in [-0.2, -0.15) is 0 Å². The molecule has 0 radical (unpaired) electrons. The van der Waals surface area contributed by atoms with Gasteiger partial charge in [0.15, 0.2) is 0 Å². The molecule has 0 spiro atoms. The van der Waals surface area contributed by atoms with Gasteiger partial charge >= 0.3 is 5.97 Å². The van der Waals surface area contributed by atoms with Crippen molar-refractivity contribution in [2.75, 3.05) is 13.1 Å². The maximum Gasteiger partial charge on any atom is 0.311 e. The Hall–Kier alpha value is -1.26. The molecular formula is C15H17Cl2NO3. The largest absolute Gasteiger partial charge is 0.481 e. The lowest BCUT2D eigenvalue weighted by Gasteiger charge is -2.20. The van der Waals surface area contributed by atoms with Gasteiger partial charge in [-0.1, -0.05) is 35.3 Å². The van der Waals surface area contributed by atoms with Gasteiger partial charge in [0.25, 0.3) is 0 Å². The summed E-state index contributed by atoms with van der Waals surface area (Å²) in [4.78, 5) is 25.0. The number of aryl methyl sites for hydroxylation is 1. The molecule has 0 aliphatic carbocycles. The van der Waals surface area contributed by atoms with Gasteiger partial charge in [0.05, 0.1) is 15.5 Å². The van der Waals surface area contributed by atoms with E-state index in [4.69, 9.17) is 23.2 Å². The maximum atomic E-state index is 12.2. The molecular weight excluding hydrogens is 313 g/mol. The molecule has 114 valence electrons. The normalized spacial score (nSPS) is 21.6. The van der Waals surface area contributed by atoms with Crippen LogP contribution >= 0.6 is 23.2 Å². The quantitative estimate of drug-likeness (QED) is 0.922. The Balaban J connectivity index is 1.94. The molecule has 2 rings (SSSR count). The van der Waals surface area contributed by atoms with Crippen LogP contribution in [0.2, 0.25) is 10.0 Å². The van der Waals surface area contributed by atoms with E-state index in [1.165, 1.54) is 0 Å². The third kappa shape index (κ3) is 3.50. The fourth-order valence-corrected chi connectivity index (χ4v) is 2.90. The van der Waals surface area contributed by atoms with Crippen molar-refractivity contribution in [1.82, 2.24) is 4.90 Å². The van der Waals surface area contributed by atoms with E-state index >= 15 is 0 Å². The van der Waals surface area contributed by atoms with Crippen molar-refractivity contribution >= 4 is 35.1 Å². The van der Waals surface area contributed by atoms with Crippen LogP contribution in [0.1, 0.15) is 25.3 Å². The minimum atomic E-state index is -0.851. The number of benzene rings is 1. The summed E-state index contributed by atoms with van der Waals surface area (Å²) >= 11 is 12.0. The van der Waals surface area contributed by atoms with Crippen LogP contribution in [0.5, 0.6) is 0 Å². The number of nitrogens with zero attached hydrogens (tertiary/aromatic N) is 1. The number of carbonyl (C=O) groups excluding carboxylic acids is 1. The van der Waals surface area contributed by atoms with Crippen LogP contribution in [0.15, 0.2) is 18.2 Å². The zero-order chi connectivity index (χ0) is 15.6. The van der Waals surface area contributed by atoms with Gasteiger partial charge in [-0.05, 0) is 31.4 Å². The van der Waals surface area contributed by atoms with Crippen LogP contribution in [-0.4, -0.2) is 35.0 Å². The third-order valence-electron chi connectivity index (χ3n) is 3.98. The summed E-state index contributed by atoms with van der Waals surface area (Å²) in [6.45, 7) is 2.44. The highest BCUT2D eigenvalue weighted by molar-refractivity contribution is 6.42. The smallest absolute Gasteiger partial charge is 0.311 e. The number of aliphatic carboxylic acids is 1. The molecule has 1 amide bonds. The zero-order valence-corrected chi connectivity index (χ0v) is 13.2. The molecule has 1 aromatic rings. The van der Waals surface area contributed by atoms with Crippen molar-refractivity contribution in [3.05, 3.63) is 33.8 Å². The van der Waals surface area contributed by atoms with Crippen LogP contribution < -0.4 is 0 Å². The fraction of sp³-hybridized carbons (Fsp3) is 0.467. The molecule has 0 unspecified atom stereocenters.